The van der Waals surface area contributed by atoms with Crippen LogP contribution in [0.2, 0.25) is 0 Å². The van der Waals surface area contributed by atoms with Gasteiger partial charge in [-0.05, 0) is 12.5 Å². The highest BCUT2D eigenvalue weighted by Gasteiger charge is 1.32. The summed E-state index contributed by atoms with van der Waals surface area (Å²) in [5.74, 6) is 0. The third-order valence-electron chi connectivity index (χ3n) is 0. The predicted octanol–water partition coefficient (Wildman–Crippen LogP) is 2.33. The molecule has 0 aliphatic heterocycles. The van der Waals surface area contributed by atoms with Crippen LogP contribution in [0.25, 0.3) is 0 Å². The maximum absolute atomic E-state index is 2.04. The highest BCUT2D eigenvalue weighted by molar-refractivity contribution is 8.93. The molecule has 0 saturated heterocycles. The second-order valence-corrected chi connectivity index (χ2v) is 1.22. The number of rotatable bonds is 0. The van der Waals surface area contributed by atoms with Crippen molar-refractivity contribution < 1.29 is 0 Å². The summed E-state index contributed by atoms with van der Waals surface area (Å²) < 4.78 is 0. The van der Waals surface area contributed by atoms with Crippen molar-refractivity contribution in [3.63, 3.8) is 0 Å². The number of hydrogen-bond donors (Lipinski definition) is 0. The summed E-state index contributed by atoms with van der Waals surface area (Å²) in [5, 5.41) is 0. The molecule has 0 aromatic carbocycles. The van der Waals surface area contributed by atoms with E-state index in [1.165, 1.54) is 0 Å². The average Bonchev–Trinajstić information content (AvgIpc) is 0.918. The van der Waals surface area contributed by atoms with Crippen LogP contribution >= 0.6 is 62.7 Å². The van der Waals surface area contributed by atoms with E-state index in [0.717, 1.165) is 0 Å². The first-order chi connectivity index (χ1) is 1.41. The Morgan fingerprint density at radius 3 is 0.857 bits per heavy atom. The summed E-state index contributed by atoms with van der Waals surface area (Å²) in [7, 11) is 0. The van der Waals surface area contributed by atoms with Crippen molar-refractivity contribution in [2.45, 2.75) is 0 Å². The second kappa shape index (κ2) is 45.3. The van der Waals surface area contributed by atoms with E-state index in [1.54, 1.807) is 11.8 Å². The van der Waals surface area contributed by atoms with Crippen molar-refractivity contribution in [3.05, 3.63) is 0 Å². The fourth-order valence-electron chi connectivity index (χ4n) is 0. The first-order valence-corrected chi connectivity index (χ1v) is 2.45. The summed E-state index contributed by atoms with van der Waals surface area (Å²) in [6.45, 7) is 0. The smallest absolute Gasteiger partial charge is 0 e. The minimum Gasteiger partial charge on any atom is -0.169 e. The minimum atomic E-state index is 0. The van der Waals surface area contributed by atoms with Crippen molar-refractivity contribution >= 4 is 71.1 Å². The van der Waals surface area contributed by atoms with Crippen LogP contribution in [0.3, 0.4) is 0 Å². The summed E-state index contributed by atoms with van der Waals surface area (Å²) in [6.07, 6.45) is 4.08. The summed E-state index contributed by atoms with van der Waals surface area (Å²) in [4.78, 5) is 0. The monoisotopic (exact) mass is 313 g/mol. The zero-order chi connectivity index (χ0) is 2.71. The molecule has 0 aliphatic rings. The third-order valence-corrected chi connectivity index (χ3v) is 0. The molecule has 0 saturated carbocycles. The van der Waals surface area contributed by atoms with Gasteiger partial charge in [0.1, 0.15) is 0 Å². The molecule has 47 valence electrons. The van der Waals surface area contributed by atoms with Crippen LogP contribution in [0.15, 0.2) is 0 Å². The van der Waals surface area contributed by atoms with Gasteiger partial charge in [-0.2, -0.15) is 11.8 Å². The Kier molecular flexibility index (Phi) is 238. The third kappa shape index (κ3) is 78.3. The average molecular weight is 316 g/mol. The van der Waals surface area contributed by atoms with Crippen molar-refractivity contribution in [3.8, 4) is 0 Å². The molecular formula is C2H9BBr3S. The molecule has 0 aromatic rings. The first-order valence-electron chi connectivity index (χ1n) is 0.816. The molecule has 0 atom stereocenters. The predicted molar refractivity (Wildman–Crippen MR) is 56.2 cm³/mol. The second-order valence-electron chi connectivity index (χ2n) is 0.408. The molecule has 5 heteroatoms. The van der Waals surface area contributed by atoms with Gasteiger partial charge in [0.2, 0.25) is 0 Å². The minimum absolute atomic E-state index is 0. The standard InChI is InChI=1S/C2H6S.B.3BrH/c1-3-2;;;;/h1-2H3;;3*1H. The number of hydrogen-bond acceptors (Lipinski definition) is 1. The molecule has 0 heterocycles. The molecule has 0 aliphatic carbocycles. The summed E-state index contributed by atoms with van der Waals surface area (Å²) in [5.41, 5.74) is 0. The van der Waals surface area contributed by atoms with Crippen LogP contribution in [0, 0.1) is 0 Å². The Balaban J connectivity index is -0.00000000333. The molecule has 0 amide bonds. The van der Waals surface area contributed by atoms with Gasteiger partial charge < -0.3 is 0 Å². The normalized spacial score (nSPS) is 2.57. The molecular weight excluding hydrogens is 307 g/mol. The Morgan fingerprint density at radius 2 is 0.857 bits per heavy atom. The van der Waals surface area contributed by atoms with Gasteiger partial charge in [0.25, 0.3) is 0 Å². The van der Waals surface area contributed by atoms with Gasteiger partial charge in [0, 0.05) is 8.41 Å². The Hall–Kier alpha value is 1.85. The zero-order valence-corrected chi connectivity index (χ0v) is 10.2. The molecule has 3 radical (unpaired) electrons. The summed E-state index contributed by atoms with van der Waals surface area (Å²) >= 11 is 1.75. The van der Waals surface area contributed by atoms with E-state index < -0.39 is 0 Å². The lowest BCUT2D eigenvalue weighted by atomic mass is 10.8. The molecule has 0 spiro atoms. The van der Waals surface area contributed by atoms with Crippen LogP contribution in [-0.4, -0.2) is 20.9 Å². The van der Waals surface area contributed by atoms with E-state index in [-0.39, 0.29) is 59.4 Å². The van der Waals surface area contributed by atoms with Crippen LogP contribution in [0.5, 0.6) is 0 Å². The van der Waals surface area contributed by atoms with Crippen LogP contribution < -0.4 is 0 Å². The maximum atomic E-state index is 2.04. The molecule has 0 N–H and O–H groups in total. The highest BCUT2D eigenvalue weighted by atomic mass is 79.9. The van der Waals surface area contributed by atoms with E-state index in [0.29, 0.717) is 0 Å². The molecule has 0 nitrogen and oxygen atoms in total. The Morgan fingerprint density at radius 1 is 0.857 bits per heavy atom. The van der Waals surface area contributed by atoms with Crippen LogP contribution in [0.1, 0.15) is 0 Å². The lowest BCUT2D eigenvalue weighted by Gasteiger charge is -1.51. The van der Waals surface area contributed by atoms with Crippen molar-refractivity contribution in [2.75, 3.05) is 12.5 Å². The van der Waals surface area contributed by atoms with E-state index in [9.17, 15) is 0 Å². The van der Waals surface area contributed by atoms with Crippen LogP contribution in [0.4, 0.5) is 0 Å². The van der Waals surface area contributed by atoms with Gasteiger partial charge in [-0.25, -0.2) is 0 Å². The summed E-state index contributed by atoms with van der Waals surface area (Å²) in [6, 6.07) is 0. The van der Waals surface area contributed by atoms with E-state index in [4.69, 9.17) is 0 Å². The molecule has 0 aromatic heterocycles. The van der Waals surface area contributed by atoms with Gasteiger partial charge in [-0.15, -0.1) is 50.9 Å². The quantitative estimate of drug-likeness (QED) is 0.618. The van der Waals surface area contributed by atoms with Crippen molar-refractivity contribution in [1.29, 1.82) is 0 Å². The van der Waals surface area contributed by atoms with Crippen molar-refractivity contribution in [1.82, 2.24) is 0 Å². The maximum Gasteiger partial charge on any atom is 0 e. The topological polar surface area (TPSA) is 0 Å². The zero-order valence-electron chi connectivity index (χ0n) is 4.21. The van der Waals surface area contributed by atoms with Gasteiger partial charge in [-0.3, -0.25) is 0 Å². The fraction of sp³-hybridized carbons (Fsp3) is 1.00. The van der Waals surface area contributed by atoms with E-state index in [1.807, 2.05) is 12.5 Å². The van der Waals surface area contributed by atoms with Crippen molar-refractivity contribution in [2.24, 2.45) is 0 Å². The number of halogens is 3. The fourth-order valence-corrected chi connectivity index (χ4v) is 0. The van der Waals surface area contributed by atoms with Crippen LogP contribution in [-0.2, 0) is 0 Å². The molecule has 0 fully saturated rings. The molecule has 0 bridgehead atoms. The van der Waals surface area contributed by atoms with Gasteiger partial charge in [0.15, 0.2) is 0 Å². The Bertz CT molecular complexity index is 12.9. The van der Waals surface area contributed by atoms with Gasteiger partial charge in [0.05, 0.1) is 0 Å². The lowest BCUT2D eigenvalue weighted by Crippen LogP contribution is -1.25. The lowest BCUT2D eigenvalue weighted by molar-refractivity contribution is 2.37. The van der Waals surface area contributed by atoms with E-state index in [2.05, 4.69) is 0 Å². The first kappa shape index (κ1) is 36.8. The molecule has 0 unspecified atom stereocenters. The van der Waals surface area contributed by atoms with E-state index >= 15 is 0 Å². The van der Waals surface area contributed by atoms with Gasteiger partial charge in [-0.1, -0.05) is 0 Å². The number of thioether (sulfide) groups is 1. The largest absolute Gasteiger partial charge is 0.169 e. The SMILES string of the molecule is Br.Br.Br.CSC.[B]. The van der Waals surface area contributed by atoms with Gasteiger partial charge >= 0.3 is 0 Å². The Labute approximate surface area is 83.1 Å². The molecule has 0 rings (SSSR count). The highest BCUT2D eigenvalue weighted by Crippen LogP contribution is 1.70. The molecule has 7 heavy (non-hydrogen) atoms.